The molecule has 2 atom stereocenters. The van der Waals surface area contributed by atoms with E-state index in [9.17, 15) is 18.3 Å². The van der Waals surface area contributed by atoms with Crippen LogP contribution in [0.3, 0.4) is 0 Å². The molecule has 218 valence electrons. The fourth-order valence-corrected chi connectivity index (χ4v) is 5.93. The van der Waals surface area contributed by atoms with Crippen LogP contribution in [0.1, 0.15) is 27.0 Å². The van der Waals surface area contributed by atoms with Gasteiger partial charge in [-0.2, -0.15) is 4.98 Å². The van der Waals surface area contributed by atoms with Crippen LogP contribution in [0.15, 0.2) is 83.8 Å². The SMILES string of the molecule is Cc1cccc(C)c1-c1cc(OC(Cc2ccccc2)[C@H]2COCCN2)nc(NS(=O)(=O)c2cccc(C(=O)O)c2)n1. The Bertz CT molecular complexity index is 1650. The Morgan fingerprint density at radius 1 is 1.05 bits per heavy atom. The summed E-state index contributed by atoms with van der Waals surface area (Å²) in [6, 6.07) is 22.4. The highest BCUT2D eigenvalue weighted by molar-refractivity contribution is 7.92. The minimum Gasteiger partial charge on any atom is -0.478 e. The molecule has 0 radical (unpaired) electrons. The summed E-state index contributed by atoms with van der Waals surface area (Å²) < 4.78 is 41.3. The molecule has 10 nitrogen and oxygen atoms in total. The van der Waals surface area contributed by atoms with Crippen molar-refractivity contribution in [2.75, 3.05) is 24.5 Å². The van der Waals surface area contributed by atoms with Gasteiger partial charge >= 0.3 is 5.97 Å². The third kappa shape index (κ3) is 6.93. The van der Waals surface area contributed by atoms with Gasteiger partial charge in [-0.15, -0.1) is 0 Å². The summed E-state index contributed by atoms with van der Waals surface area (Å²) in [5.74, 6) is -1.24. The van der Waals surface area contributed by atoms with Crippen molar-refractivity contribution in [1.29, 1.82) is 0 Å². The zero-order valence-corrected chi connectivity index (χ0v) is 24.1. The van der Waals surface area contributed by atoms with E-state index >= 15 is 0 Å². The first kappa shape index (κ1) is 29.2. The average molecular weight is 589 g/mol. The molecule has 1 unspecified atom stereocenters. The van der Waals surface area contributed by atoms with E-state index in [1.807, 2.05) is 62.4 Å². The van der Waals surface area contributed by atoms with Gasteiger partial charge < -0.3 is 19.9 Å². The number of hydrogen-bond acceptors (Lipinski definition) is 8. The van der Waals surface area contributed by atoms with Crippen molar-refractivity contribution in [2.45, 2.75) is 37.3 Å². The van der Waals surface area contributed by atoms with Crippen molar-refractivity contribution in [3.05, 3.63) is 101 Å². The zero-order valence-electron chi connectivity index (χ0n) is 23.3. The van der Waals surface area contributed by atoms with Crippen molar-refractivity contribution < 1.29 is 27.8 Å². The van der Waals surface area contributed by atoms with Crippen LogP contribution in [0.4, 0.5) is 5.95 Å². The molecule has 1 saturated heterocycles. The third-order valence-corrected chi connectivity index (χ3v) is 8.33. The van der Waals surface area contributed by atoms with Gasteiger partial charge in [0.05, 0.1) is 35.4 Å². The Hall–Kier alpha value is -4.32. The molecule has 4 aromatic rings. The number of aryl methyl sites for hydroxylation is 2. The van der Waals surface area contributed by atoms with Crippen LogP contribution in [0.25, 0.3) is 11.3 Å². The molecule has 42 heavy (non-hydrogen) atoms. The van der Waals surface area contributed by atoms with E-state index < -0.39 is 16.0 Å². The van der Waals surface area contributed by atoms with E-state index in [1.54, 1.807) is 6.07 Å². The molecule has 5 rings (SSSR count). The van der Waals surface area contributed by atoms with E-state index in [1.165, 1.54) is 18.2 Å². The smallest absolute Gasteiger partial charge is 0.335 e. The van der Waals surface area contributed by atoms with Gasteiger partial charge in [-0.05, 0) is 48.7 Å². The standard InChI is InChI=1S/C31H32N4O6S/c1-20-8-6-9-21(2)29(20)25-18-28(41-27(26-19-40-15-14-32-26)16-22-10-4-3-5-11-22)34-31(33-25)35-42(38,39)24-13-7-12-23(17-24)30(36)37/h3-13,17-18,26-27,32H,14-16,19H2,1-2H3,(H,36,37)(H,33,34,35)/t26-,27?/m1/s1. The number of anilines is 1. The normalized spacial score (nSPS) is 16.0. The number of aromatic carboxylic acids is 1. The van der Waals surface area contributed by atoms with Gasteiger partial charge in [0.1, 0.15) is 6.10 Å². The topological polar surface area (TPSA) is 140 Å². The van der Waals surface area contributed by atoms with Crippen molar-refractivity contribution in [3.8, 4) is 17.1 Å². The lowest BCUT2D eigenvalue weighted by Crippen LogP contribution is -2.51. The lowest BCUT2D eigenvalue weighted by Gasteiger charge is -2.31. The maximum atomic E-state index is 13.3. The number of nitrogens with one attached hydrogen (secondary N) is 2. The maximum Gasteiger partial charge on any atom is 0.335 e. The van der Waals surface area contributed by atoms with Crippen molar-refractivity contribution >= 4 is 21.9 Å². The van der Waals surface area contributed by atoms with Crippen LogP contribution in [-0.4, -0.2) is 61.4 Å². The summed E-state index contributed by atoms with van der Waals surface area (Å²) in [4.78, 5) is 20.2. The van der Waals surface area contributed by atoms with Gasteiger partial charge in [0.15, 0.2) is 0 Å². The lowest BCUT2D eigenvalue weighted by atomic mass is 10.00. The highest BCUT2D eigenvalue weighted by Gasteiger charge is 2.28. The van der Waals surface area contributed by atoms with E-state index in [4.69, 9.17) is 9.47 Å². The molecule has 0 spiro atoms. The molecular weight excluding hydrogens is 556 g/mol. The van der Waals surface area contributed by atoms with Crippen LogP contribution in [0, 0.1) is 13.8 Å². The summed E-state index contributed by atoms with van der Waals surface area (Å²) in [5.41, 5.74) is 4.13. The second-order valence-corrected chi connectivity index (χ2v) is 11.8. The summed E-state index contributed by atoms with van der Waals surface area (Å²) in [7, 11) is -4.23. The number of benzene rings is 3. The van der Waals surface area contributed by atoms with Gasteiger partial charge in [-0.25, -0.2) is 22.9 Å². The fourth-order valence-electron chi connectivity index (χ4n) is 4.94. The quantitative estimate of drug-likeness (QED) is 0.248. The van der Waals surface area contributed by atoms with Crippen LogP contribution in [0.2, 0.25) is 0 Å². The largest absolute Gasteiger partial charge is 0.478 e. The van der Waals surface area contributed by atoms with Crippen LogP contribution >= 0.6 is 0 Å². The fraction of sp³-hybridized carbons (Fsp3) is 0.258. The molecule has 11 heteroatoms. The Morgan fingerprint density at radius 3 is 2.48 bits per heavy atom. The van der Waals surface area contributed by atoms with Gasteiger partial charge in [0.25, 0.3) is 10.0 Å². The van der Waals surface area contributed by atoms with Crippen molar-refractivity contribution in [3.63, 3.8) is 0 Å². The van der Waals surface area contributed by atoms with E-state index in [-0.39, 0.29) is 34.4 Å². The number of sulfonamides is 1. The monoisotopic (exact) mass is 588 g/mol. The summed E-state index contributed by atoms with van der Waals surface area (Å²) in [6.07, 6.45) is 0.179. The van der Waals surface area contributed by atoms with E-state index in [2.05, 4.69) is 20.0 Å². The third-order valence-electron chi connectivity index (χ3n) is 7.01. The molecule has 3 aromatic carbocycles. The predicted molar refractivity (Wildman–Crippen MR) is 158 cm³/mol. The van der Waals surface area contributed by atoms with Crippen LogP contribution in [-0.2, 0) is 21.2 Å². The number of carboxylic acids is 1. The number of hydrogen-bond donors (Lipinski definition) is 3. The van der Waals surface area contributed by atoms with Crippen molar-refractivity contribution in [2.24, 2.45) is 0 Å². The Morgan fingerprint density at radius 2 is 1.79 bits per heavy atom. The summed E-state index contributed by atoms with van der Waals surface area (Å²) in [6.45, 7) is 5.64. The number of morpholine rings is 1. The molecular formula is C31H32N4O6S. The molecule has 0 amide bonds. The zero-order chi connectivity index (χ0) is 29.7. The van der Waals surface area contributed by atoms with Gasteiger partial charge in [0, 0.05) is 24.6 Å². The molecule has 1 aliphatic rings. The Kier molecular flexibility index (Phi) is 8.81. The summed E-state index contributed by atoms with van der Waals surface area (Å²) in [5, 5.41) is 12.8. The number of nitrogens with zero attached hydrogens (tertiary/aromatic N) is 2. The molecule has 0 saturated carbocycles. The minimum atomic E-state index is -4.23. The predicted octanol–water partition coefficient (Wildman–Crippen LogP) is 4.24. The maximum absolute atomic E-state index is 13.3. The Labute approximate surface area is 244 Å². The lowest BCUT2D eigenvalue weighted by molar-refractivity contribution is 0.0266. The molecule has 1 aliphatic heterocycles. The number of ether oxygens (including phenoxy) is 2. The first-order valence-electron chi connectivity index (χ1n) is 13.5. The van der Waals surface area contributed by atoms with Gasteiger partial charge in [-0.3, -0.25) is 0 Å². The second kappa shape index (κ2) is 12.7. The first-order valence-corrected chi connectivity index (χ1v) is 15.0. The number of carboxylic acid groups (broad SMARTS) is 1. The Balaban J connectivity index is 1.55. The van der Waals surface area contributed by atoms with E-state index in [0.29, 0.717) is 31.9 Å². The second-order valence-electron chi connectivity index (χ2n) is 10.1. The van der Waals surface area contributed by atoms with Crippen molar-refractivity contribution in [1.82, 2.24) is 15.3 Å². The summed E-state index contributed by atoms with van der Waals surface area (Å²) >= 11 is 0. The molecule has 1 aromatic heterocycles. The van der Waals surface area contributed by atoms with E-state index in [0.717, 1.165) is 28.3 Å². The average Bonchev–Trinajstić information content (AvgIpc) is 2.97. The highest BCUT2D eigenvalue weighted by atomic mass is 32.2. The van der Waals surface area contributed by atoms with Gasteiger partial charge in [-0.1, -0.05) is 54.6 Å². The van der Waals surface area contributed by atoms with Crippen LogP contribution < -0.4 is 14.8 Å². The first-order chi connectivity index (χ1) is 20.2. The van der Waals surface area contributed by atoms with Crippen LogP contribution in [0.5, 0.6) is 5.88 Å². The number of aromatic nitrogens is 2. The molecule has 3 N–H and O–H groups in total. The molecule has 1 fully saturated rings. The minimum absolute atomic E-state index is 0.128. The molecule has 0 bridgehead atoms. The molecule has 2 heterocycles. The highest BCUT2D eigenvalue weighted by Crippen LogP contribution is 2.30. The number of carbonyl (C=O) groups is 1. The van der Waals surface area contributed by atoms with Gasteiger partial charge in [0.2, 0.25) is 11.8 Å². The molecule has 0 aliphatic carbocycles. The number of rotatable bonds is 10.